The minimum absolute atomic E-state index is 0.312. The van der Waals surface area contributed by atoms with Gasteiger partial charge in [-0.1, -0.05) is 18.5 Å². The molecular formula is C10H12BrClFN. The normalized spacial score (nSPS) is 12.6. The van der Waals surface area contributed by atoms with Gasteiger partial charge in [0.05, 0.1) is 9.50 Å². The molecule has 0 aromatic heterocycles. The first-order valence-electron chi connectivity index (χ1n) is 4.45. The van der Waals surface area contributed by atoms with E-state index in [4.69, 9.17) is 11.6 Å². The standard InChI is InChI=1S/C10H12BrClFN/c1-3-6(2)14-7-4-8(12)10(11)9(13)5-7/h4-6,14H,3H2,1-2H3. The van der Waals surface area contributed by atoms with Gasteiger partial charge in [0.25, 0.3) is 0 Å². The summed E-state index contributed by atoms with van der Waals surface area (Å²) in [6, 6.07) is 3.45. The van der Waals surface area contributed by atoms with E-state index in [1.165, 1.54) is 6.07 Å². The molecule has 0 aliphatic rings. The Labute approximate surface area is 96.8 Å². The van der Waals surface area contributed by atoms with Gasteiger partial charge in [0.2, 0.25) is 0 Å². The van der Waals surface area contributed by atoms with E-state index in [-0.39, 0.29) is 5.82 Å². The van der Waals surface area contributed by atoms with Crippen molar-refractivity contribution < 1.29 is 4.39 Å². The van der Waals surface area contributed by atoms with Crippen LogP contribution in [0, 0.1) is 5.82 Å². The molecule has 1 rings (SSSR count). The number of rotatable bonds is 3. The Kier molecular flexibility index (Phi) is 4.20. The quantitative estimate of drug-likeness (QED) is 0.807. The topological polar surface area (TPSA) is 12.0 Å². The lowest BCUT2D eigenvalue weighted by molar-refractivity contribution is 0.621. The molecule has 1 aromatic carbocycles. The van der Waals surface area contributed by atoms with Crippen LogP contribution in [0.2, 0.25) is 5.02 Å². The van der Waals surface area contributed by atoms with Gasteiger partial charge in [-0.25, -0.2) is 4.39 Å². The minimum Gasteiger partial charge on any atom is -0.382 e. The predicted molar refractivity (Wildman–Crippen MR) is 62.5 cm³/mol. The van der Waals surface area contributed by atoms with E-state index in [1.807, 2.05) is 6.92 Å². The van der Waals surface area contributed by atoms with Crippen molar-refractivity contribution in [3.05, 3.63) is 27.4 Å². The summed E-state index contributed by atoms with van der Waals surface area (Å²) in [5.41, 5.74) is 0.713. The second-order valence-corrected chi connectivity index (χ2v) is 4.41. The second-order valence-electron chi connectivity index (χ2n) is 3.21. The van der Waals surface area contributed by atoms with Crippen molar-refractivity contribution >= 4 is 33.2 Å². The van der Waals surface area contributed by atoms with Crippen molar-refractivity contribution in [3.8, 4) is 0 Å². The van der Waals surface area contributed by atoms with Gasteiger partial charge in [0.1, 0.15) is 5.82 Å². The maximum Gasteiger partial charge on any atom is 0.140 e. The van der Waals surface area contributed by atoms with E-state index < -0.39 is 0 Å². The van der Waals surface area contributed by atoms with Crippen LogP contribution in [0.25, 0.3) is 0 Å². The monoisotopic (exact) mass is 279 g/mol. The average Bonchev–Trinajstić information content (AvgIpc) is 2.14. The molecule has 0 heterocycles. The van der Waals surface area contributed by atoms with Crippen LogP contribution in [0.3, 0.4) is 0 Å². The van der Waals surface area contributed by atoms with Crippen molar-refractivity contribution in [2.45, 2.75) is 26.3 Å². The molecular weight excluding hydrogens is 268 g/mol. The van der Waals surface area contributed by atoms with Crippen molar-refractivity contribution in [1.82, 2.24) is 0 Å². The Morgan fingerprint density at radius 1 is 1.57 bits per heavy atom. The molecule has 0 radical (unpaired) electrons. The third-order valence-corrected chi connectivity index (χ3v) is 3.34. The number of benzene rings is 1. The fourth-order valence-electron chi connectivity index (χ4n) is 1.03. The summed E-state index contributed by atoms with van der Waals surface area (Å²) in [5.74, 6) is -0.344. The van der Waals surface area contributed by atoms with Crippen molar-refractivity contribution in [2.24, 2.45) is 0 Å². The molecule has 1 atom stereocenters. The molecule has 1 nitrogen and oxygen atoms in total. The van der Waals surface area contributed by atoms with Crippen LogP contribution in [0.5, 0.6) is 0 Å². The Hall–Kier alpha value is -0.280. The van der Waals surface area contributed by atoms with Crippen LogP contribution < -0.4 is 5.32 Å². The molecule has 0 amide bonds. The lowest BCUT2D eigenvalue weighted by atomic mass is 10.2. The highest BCUT2D eigenvalue weighted by Crippen LogP contribution is 2.29. The first kappa shape index (κ1) is 11.8. The summed E-state index contributed by atoms with van der Waals surface area (Å²) in [7, 11) is 0. The molecule has 0 aliphatic carbocycles. The number of anilines is 1. The van der Waals surface area contributed by atoms with Crippen molar-refractivity contribution in [2.75, 3.05) is 5.32 Å². The van der Waals surface area contributed by atoms with E-state index >= 15 is 0 Å². The van der Waals surface area contributed by atoms with Gasteiger partial charge in [-0.05, 0) is 41.4 Å². The molecule has 4 heteroatoms. The fourth-order valence-corrected chi connectivity index (χ4v) is 1.46. The van der Waals surface area contributed by atoms with Gasteiger partial charge in [0, 0.05) is 11.7 Å². The average molecular weight is 281 g/mol. The SMILES string of the molecule is CCC(C)Nc1cc(F)c(Br)c(Cl)c1. The number of halogens is 3. The summed E-state index contributed by atoms with van der Waals surface area (Å²) in [6.07, 6.45) is 0.981. The summed E-state index contributed by atoms with van der Waals surface area (Å²) in [4.78, 5) is 0. The predicted octanol–water partition coefficient (Wildman–Crippen LogP) is 4.45. The lowest BCUT2D eigenvalue weighted by Gasteiger charge is -2.13. The van der Waals surface area contributed by atoms with E-state index in [9.17, 15) is 4.39 Å². The Morgan fingerprint density at radius 3 is 2.71 bits per heavy atom. The zero-order valence-electron chi connectivity index (χ0n) is 8.07. The summed E-state index contributed by atoms with van der Waals surface area (Å²) >= 11 is 8.88. The minimum atomic E-state index is -0.344. The van der Waals surface area contributed by atoms with Crippen LogP contribution in [0.4, 0.5) is 10.1 Å². The largest absolute Gasteiger partial charge is 0.382 e. The second kappa shape index (κ2) is 4.99. The van der Waals surface area contributed by atoms with Gasteiger partial charge in [-0.3, -0.25) is 0 Å². The zero-order chi connectivity index (χ0) is 10.7. The highest BCUT2D eigenvalue weighted by molar-refractivity contribution is 9.10. The van der Waals surface area contributed by atoms with E-state index in [2.05, 4.69) is 28.2 Å². The van der Waals surface area contributed by atoms with Gasteiger partial charge in [0.15, 0.2) is 0 Å². The molecule has 14 heavy (non-hydrogen) atoms. The smallest absolute Gasteiger partial charge is 0.140 e. The first-order valence-corrected chi connectivity index (χ1v) is 5.62. The number of hydrogen-bond donors (Lipinski definition) is 1. The van der Waals surface area contributed by atoms with E-state index in [0.717, 1.165) is 6.42 Å². The fraction of sp³-hybridized carbons (Fsp3) is 0.400. The van der Waals surface area contributed by atoms with Crippen molar-refractivity contribution in [3.63, 3.8) is 0 Å². The van der Waals surface area contributed by atoms with E-state index in [0.29, 0.717) is 21.2 Å². The molecule has 1 aromatic rings. The third-order valence-electron chi connectivity index (χ3n) is 2.01. The van der Waals surface area contributed by atoms with Gasteiger partial charge < -0.3 is 5.32 Å². The molecule has 0 bridgehead atoms. The first-order chi connectivity index (χ1) is 6.54. The maximum absolute atomic E-state index is 13.2. The summed E-state index contributed by atoms with van der Waals surface area (Å²) < 4.78 is 13.5. The molecule has 1 unspecified atom stereocenters. The molecule has 0 aliphatic heterocycles. The third kappa shape index (κ3) is 2.85. The van der Waals surface area contributed by atoms with Crippen LogP contribution >= 0.6 is 27.5 Å². The highest BCUT2D eigenvalue weighted by atomic mass is 79.9. The van der Waals surface area contributed by atoms with Crippen LogP contribution in [0.15, 0.2) is 16.6 Å². The van der Waals surface area contributed by atoms with Gasteiger partial charge in [-0.15, -0.1) is 0 Å². The number of hydrogen-bond acceptors (Lipinski definition) is 1. The molecule has 0 saturated heterocycles. The Balaban J connectivity index is 2.89. The maximum atomic E-state index is 13.2. The van der Waals surface area contributed by atoms with Gasteiger partial charge >= 0.3 is 0 Å². The van der Waals surface area contributed by atoms with Crippen molar-refractivity contribution in [1.29, 1.82) is 0 Å². The van der Waals surface area contributed by atoms with Crippen LogP contribution in [0.1, 0.15) is 20.3 Å². The Bertz CT molecular complexity index is 307. The lowest BCUT2D eigenvalue weighted by Crippen LogP contribution is -2.13. The molecule has 0 saturated carbocycles. The molecule has 0 fully saturated rings. The van der Waals surface area contributed by atoms with Crippen LogP contribution in [-0.2, 0) is 0 Å². The Morgan fingerprint density at radius 2 is 2.21 bits per heavy atom. The highest BCUT2D eigenvalue weighted by Gasteiger charge is 2.07. The van der Waals surface area contributed by atoms with E-state index in [1.54, 1.807) is 6.07 Å². The molecule has 0 spiro atoms. The zero-order valence-corrected chi connectivity index (χ0v) is 10.4. The summed E-state index contributed by atoms with van der Waals surface area (Å²) in [5, 5.41) is 3.54. The van der Waals surface area contributed by atoms with Gasteiger partial charge in [-0.2, -0.15) is 0 Å². The van der Waals surface area contributed by atoms with Crippen LogP contribution in [-0.4, -0.2) is 6.04 Å². The summed E-state index contributed by atoms with van der Waals surface area (Å²) in [6.45, 7) is 4.10. The number of nitrogens with one attached hydrogen (secondary N) is 1. The molecule has 1 N–H and O–H groups in total. The molecule has 78 valence electrons.